The Kier molecular flexibility index (Phi) is 12.8. The lowest BCUT2D eigenvalue weighted by Crippen LogP contribution is -2.14. The number of methoxy groups -OCH3 is 1. The van der Waals surface area contributed by atoms with Crippen LogP contribution in [0.2, 0.25) is 0 Å². The molecule has 0 bridgehead atoms. The Morgan fingerprint density at radius 3 is 1.77 bits per heavy atom. The summed E-state index contributed by atoms with van der Waals surface area (Å²) < 4.78 is 18.7. The van der Waals surface area contributed by atoms with Crippen molar-refractivity contribution < 1.29 is 14.2 Å². The molecule has 0 fully saturated rings. The van der Waals surface area contributed by atoms with Gasteiger partial charge in [0.05, 0.1) is 26.6 Å². The van der Waals surface area contributed by atoms with E-state index in [2.05, 4.69) is 117 Å². The van der Waals surface area contributed by atoms with Crippen molar-refractivity contribution in [1.29, 1.82) is 0 Å². The second-order valence-corrected chi connectivity index (χ2v) is 16.8. The van der Waals surface area contributed by atoms with Crippen molar-refractivity contribution in [3.63, 3.8) is 0 Å². The largest absolute Gasteiger partial charge is 0.487 e. The monoisotopic (exact) mass is 758 g/mol. The molecule has 0 saturated heterocycles. The number of rotatable bonds is 17. The van der Waals surface area contributed by atoms with Gasteiger partial charge in [0.2, 0.25) is 0 Å². The highest BCUT2D eigenvalue weighted by Crippen LogP contribution is 2.57. The molecule has 0 atom stereocenters. The molecule has 6 heteroatoms. The molecule has 7 rings (SSSR count). The second kappa shape index (κ2) is 18.3. The molecule has 0 unspecified atom stereocenters. The summed E-state index contributed by atoms with van der Waals surface area (Å²) in [6.45, 7) is 5.69. The van der Waals surface area contributed by atoms with Crippen LogP contribution in [0.1, 0.15) is 93.0 Å². The van der Waals surface area contributed by atoms with E-state index in [9.17, 15) is 0 Å². The van der Waals surface area contributed by atoms with Crippen molar-refractivity contribution in [2.75, 3.05) is 20.3 Å². The first-order chi connectivity index (χ1) is 26.2. The SMILES string of the molecule is CCCCCCc1cc(OC)sc1-c1cc(CCCCCC)c(-c2sc(-c3ccc(C=C(c4ccccc4)c4ccccc4)cc3)c3c2OCCO3)s1. The Hall–Kier alpha value is -4.10. The van der Waals surface area contributed by atoms with E-state index in [0.29, 0.717) is 13.2 Å². The molecule has 3 aromatic heterocycles. The Labute approximate surface area is 327 Å². The van der Waals surface area contributed by atoms with Gasteiger partial charge in [0.15, 0.2) is 16.6 Å². The number of benzene rings is 3. The zero-order chi connectivity index (χ0) is 36.4. The van der Waals surface area contributed by atoms with Crippen LogP contribution < -0.4 is 14.2 Å². The zero-order valence-corrected chi connectivity index (χ0v) is 33.7. The third-order valence-corrected chi connectivity index (χ3v) is 13.7. The van der Waals surface area contributed by atoms with E-state index in [1.54, 1.807) is 18.4 Å². The van der Waals surface area contributed by atoms with Crippen molar-refractivity contribution in [3.05, 3.63) is 125 Å². The Morgan fingerprint density at radius 2 is 1.19 bits per heavy atom. The van der Waals surface area contributed by atoms with Crippen LogP contribution in [0.5, 0.6) is 16.6 Å². The molecule has 1 aliphatic rings. The maximum absolute atomic E-state index is 6.49. The average molecular weight is 759 g/mol. The minimum absolute atomic E-state index is 0.560. The van der Waals surface area contributed by atoms with Crippen LogP contribution in [-0.4, -0.2) is 20.3 Å². The van der Waals surface area contributed by atoms with E-state index in [0.717, 1.165) is 45.4 Å². The molecule has 0 spiro atoms. The molecule has 1 aliphatic heterocycles. The maximum Gasteiger partial charge on any atom is 0.181 e. The third-order valence-electron chi connectivity index (χ3n) is 9.88. The summed E-state index contributed by atoms with van der Waals surface area (Å²) in [4.78, 5) is 6.37. The van der Waals surface area contributed by atoms with Crippen molar-refractivity contribution in [1.82, 2.24) is 0 Å². The summed E-state index contributed by atoms with van der Waals surface area (Å²) in [5.41, 5.74) is 8.77. The summed E-state index contributed by atoms with van der Waals surface area (Å²) in [6.07, 6.45) is 14.4. The molecular weight excluding hydrogens is 709 g/mol. The van der Waals surface area contributed by atoms with E-state index in [-0.39, 0.29) is 0 Å². The van der Waals surface area contributed by atoms with Gasteiger partial charge in [-0.15, -0.1) is 22.7 Å². The van der Waals surface area contributed by atoms with Gasteiger partial charge in [-0.3, -0.25) is 0 Å². The van der Waals surface area contributed by atoms with E-state index in [1.807, 2.05) is 22.7 Å². The van der Waals surface area contributed by atoms with Crippen molar-refractivity contribution in [2.45, 2.75) is 78.1 Å². The smallest absolute Gasteiger partial charge is 0.181 e. The minimum Gasteiger partial charge on any atom is -0.487 e. The van der Waals surface area contributed by atoms with Gasteiger partial charge in [-0.2, -0.15) is 0 Å². The Bertz CT molecular complexity index is 2040. The molecular formula is C47H50O3S3. The first-order valence-electron chi connectivity index (χ1n) is 19.3. The van der Waals surface area contributed by atoms with Crippen LogP contribution in [0, 0.1) is 0 Å². The fourth-order valence-corrected chi connectivity index (χ4v) is 10.8. The van der Waals surface area contributed by atoms with Gasteiger partial charge >= 0.3 is 0 Å². The molecule has 4 heterocycles. The number of thiophene rings is 3. The Morgan fingerprint density at radius 1 is 0.604 bits per heavy atom. The number of aryl methyl sites for hydroxylation is 2. The summed E-state index contributed by atoms with van der Waals surface area (Å²) >= 11 is 5.53. The zero-order valence-electron chi connectivity index (χ0n) is 31.2. The van der Waals surface area contributed by atoms with Gasteiger partial charge in [0.25, 0.3) is 0 Å². The highest BCUT2D eigenvalue weighted by atomic mass is 32.1. The van der Waals surface area contributed by atoms with Gasteiger partial charge in [0.1, 0.15) is 13.2 Å². The maximum atomic E-state index is 6.49. The Balaban J connectivity index is 1.25. The van der Waals surface area contributed by atoms with Crippen LogP contribution in [0.3, 0.4) is 0 Å². The first-order valence-corrected chi connectivity index (χ1v) is 21.8. The fourth-order valence-electron chi connectivity index (χ4n) is 7.06. The second-order valence-electron chi connectivity index (χ2n) is 13.7. The highest BCUT2D eigenvalue weighted by molar-refractivity contribution is 7.28. The van der Waals surface area contributed by atoms with E-state index >= 15 is 0 Å². The van der Waals surface area contributed by atoms with E-state index < -0.39 is 0 Å². The van der Waals surface area contributed by atoms with Crippen molar-refractivity contribution in [2.24, 2.45) is 0 Å². The summed E-state index contributed by atoms with van der Waals surface area (Å²) in [7, 11) is 1.79. The molecule has 0 N–H and O–H groups in total. The summed E-state index contributed by atoms with van der Waals surface area (Å²) in [5, 5.41) is 0.996. The van der Waals surface area contributed by atoms with Crippen LogP contribution in [0.25, 0.3) is 41.6 Å². The molecule has 274 valence electrons. The van der Waals surface area contributed by atoms with E-state index in [1.165, 1.54) is 98.7 Å². The van der Waals surface area contributed by atoms with Crippen LogP contribution in [0.15, 0.2) is 97.1 Å². The predicted molar refractivity (Wildman–Crippen MR) is 229 cm³/mol. The van der Waals surface area contributed by atoms with Crippen LogP contribution in [-0.2, 0) is 12.8 Å². The average Bonchev–Trinajstić information content (AvgIpc) is 3.93. The number of fused-ring (bicyclic) bond motifs is 1. The number of hydrogen-bond donors (Lipinski definition) is 0. The lowest BCUT2D eigenvalue weighted by Gasteiger charge is -2.17. The molecule has 0 saturated carbocycles. The number of ether oxygens (including phenoxy) is 3. The quantitative estimate of drug-likeness (QED) is 0.0685. The molecule has 3 nitrogen and oxygen atoms in total. The van der Waals surface area contributed by atoms with Gasteiger partial charge in [-0.25, -0.2) is 0 Å². The van der Waals surface area contributed by atoms with Gasteiger partial charge in [-0.1, -0.05) is 149 Å². The van der Waals surface area contributed by atoms with Crippen LogP contribution >= 0.6 is 34.0 Å². The number of unbranched alkanes of at least 4 members (excludes halogenated alkanes) is 6. The van der Waals surface area contributed by atoms with Gasteiger partial charge in [-0.05, 0) is 82.8 Å². The van der Waals surface area contributed by atoms with Crippen molar-refractivity contribution >= 4 is 45.7 Å². The van der Waals surface area contributed by atoms with Crippen LogP contribution in [0.4, 0.5) is 0 Å². The van der Waals surface area contributed by atoms with Gasteiger partial charge < -0.3 is 14.2 Å². The molecule has 53 heavy (non-hydrogen) atoms. The first kappa shape index (κ1) is 37.2. The lowest BCUT2D eigenvalue weighted by atomic mass is 9.95. The predicted octanol–water partition coefficient (Wildman–Crippen LogP) is 14.5. The minimum atomic E-state index is 0.560. The van der Waals surface area contributed by atoms with E-state index in [4.69, 9.17) is 14.2 Å². The molecule has 3 aromatic carbocycles. The summed E-state index contributed by atoms with van der Waals surface area (Å²) in [6, 6.07) is 35.0. The van der Waals surface area contributed by atoms with Gasteiger partial charge in [0, 0.05) is 4.88 Å². The van der Waals surface area contributed by atoms with Crippen molar-refractivity contribution in [3.8, 4) is 46.5 Å². The molecule has 0 radical (unpaired) electrons. The number of hydrogen-bond acceptors (Lipinski definition) is 6. The lowest BCUT2D eigenvalue weighted by molar-refractivity contribution is 0.175. The normalized spacial score (nSPS) is 12.2. The topological polar surface area (TPSA) is 27.7 Å². The third kappa shape index (κ3) is 8.83. The highest BCUT2D eigenvalue weighted by Gasteiger charge is 2.29. The molecule has 0 amide bonds. The molecule has 0 aliphatic carbocycles. The summed E-state index contributed by atoms with van der Waals surface area (Å²) in [5.74, 6) is 1.79. The standard InChI is InChI=1S/C47H50O3S3/c1-4-6-8-12-22-37-31-40(44-38(23-13-9-7-5-2)32-41(48-3)52-44)51-46(37)47-43-42(49-28-29-50-43)45(53-47)36-26-24-33(25-27-36)30-39(34-18-14-10-15-19-34)35-20-16-11-17-21-35/h10-11,14-21,24-27,30-32H,4-9,12-13,22-23,28-29H2,1-3H3. The fraction of sp³-hybridized carbons (Fsp3) is 0.319. The molecule has 6 aromatic rings.